The molecular formula is C32H31N. The first-order valence-electron chi connectivity index (χ1n) is 12.7. The second kappa shape index (κ2) is 7.92. The minimum atomic E-state index is -0.398. The van der Waals surface area contributed by atoms with Gasteiger partial charge in [0.05, 0.1) is 0 Å². The minimum absolute atomic E-state index is 0.00851. The van der Waals surface area contributed by atoms with Crippen molar-refractivity contribution in [3.63, 3.8) is 0 Å². The summed E-state index contributed by atoms with van der Waals surface area (Å²) in [7, 11) is 0. The van der Waals surface area contributed by atoms with Gasteiger partial charge in [0, 0.05) is 23.7 Å². The highest BCUT2D eigenvalue weighted by molar-refractivity contribution is 5.85. The predicted molar refractivity (Wildman–Crippen MR) is 140 cm³/mol. The fourth-order valence-electron chi connectivity index (χ4n) is 5.76. The minimum Gasteiger partial charge on any atom is -0.355 e. The average Bonchev–Trinajstić information content (AvgIpc) is 3.40. The Morgan fingerprint density at radius 3 is 2.18 bits per heavy atom. The monoisotopic (exact) mass is 430 g/mol. The number of benzene rings is 4. The number of fused-ring (bicyclic) bond motifs is 3. The SMILES string of the molecule is [2H]C1(c2ccc(-c3ccccc3Nc3ccc4c(c3)C(C)(C)c3ccccc3-4)cc2)CCCC1. The molecule has 0 aromatic heterocycles. The van der Waals surface area contributed by atoms with E-state index in [4.69, 9.17) is 1.37 Å². The first-order chi connectivity index (χ1) is 16.5. The zero-order valence-electron chi connectivity index (χ0n) is 20.5. The van der Waals surface area contributed by atoms with Crippen LogP contribution in [0.4, 0.5) is 11.4 Å². The topological polar surface area (TPSA) is 12.0 Å². The van der Waals surface area contributed by atoms with Gasteiger partial charge in [-0.05, 0) is 70.3 Å². The molecule has 6 rings (SSSR count). The van der Waals surface area contributed by atoms with Gasteiger partial charge in [-0.2, -0.15) is 0 Å². The molecule has 1 N–H and O–H groups in total. The maximum atomic E-state index is 8.82. The second-order valence-corrected chi connectivity index (χ2v) is 9.99. The Bertz CT molecular complexity index is 1360. The van der Waals surface area contributed by atoms with Crippen LogP contribution >= 0.6 is 0 Å². The van der Waals surface area contributed by atoms with Crippen LogP contribution in [0.5, 0.6) is 0 Å². The number of nitrogens with one attached hydrogen (secondary N) is 1. The number of hydrogen-bond acceptors (Lipinski definition) is 1. The van der Waals surface area contributed by atoms with Crippen LogP contribution in [0.25, 0.3) is 22.3 Å². The van der Waals surface area contributed by atoms with E-state index in [9.17, 15) is 0 Å². The molecule has 0 heterocycles. The number of anilines is 2. The molecule has 1 fully saturated rings. The molecule has 0 unspecified atom stereocenters. The summed E-state index contributed by atoms with van der Waals surface area (Å²) in [5.74, 6) is -0.398. The molecule has 0 aliphatic heterocycles. The third-order valence-corrected chi connectivity index (χ3v) is 7.60. The molecule has 164 valence electrons. The molecule has 0 radical (unpaired) electrons. The lowest BCUT2D eigenvalue weighted by Crippen LogP contribution is -2.15. The molecule has 1 saturated carbocycles. The number of hydrogen-bond donors (Lipinski definition) is 1. The Kier molecular flexibility index (Phi) is 4.60. The molecule has 0 spiro atoms. The molecule has 0 saturated heterocycles. The molecular weight excluding hydrogens is 398 g/mol. The van der Waals surface area contributed by atoms with Crippen molar-refractivity contribution in [2.75, 3.05) is 5.32 Å². The van der Waals surface area contributed by atoms with Crippen LogP contribution in [0.15, 0.2) is 91.0 Å². The summed E-state index contributed by atoms with van der Waals surface area (Å²) >= 11 is 0. The van der Waals surface area contributed by atoms with Crippen molar-refractivity contribution in [3.05, 3.63) is 108 Å². The van der Waals surface area contributed by atoms with Crippen LogP contribution in [-0.4, -0.2) is 0 Å². The lowest BCUT2D eigenvalue weighted by atomic mass is 9.82. The summed E-state index contributed by atoms with van der Waals surface area (Å²) < 4.78 is 8.82. The van der Waals surface area contributed by atoms with Crippen LogP contribution in [0.2, 0.25) is 0 Å². The first-order valence-corrected chi connectivity index (χ1v) is 12.2. The standard InChI is InChI=1S/C32H31N/c1-32(2)29-13-7-5-12-27(29)28-20-19-25(21-30(28)32)33-31-14-8-6-11-26(31)24-17-15-23(16-18-24)22-9-3-4-10-22/h5-8,11-22,33H,3-4,9-10H2,1-2H3/i22D. The summed E-state index contributed by atoms with van der Waals surface area (Å²) in [4.78, 5) is 0. The zero-order chi connectivity index (χ0) is 23.3. The van der Waals surface area contributed by atoms with Gasteiger partial charge in [0.15, 0.2) is 0 Å². The van der Waals surface area contributed by atoms with E-state index >= 15 is 0 Å². The summed E-state index contributed by atoms with van der Waals surface area (Å²) in [6, 6.07) is 32.8. The molecule has 1 nitrogen and oxygen atoms in total. The van der Waals surface area contributed by atoms with Crippen molar-refractivity contribution in [2.45, 2.75) is 50.8 Å². The largest absolute Gasteiger partial charge is 0.355 e. The van der Waals surface area contributed by atoms with E-state index < -0.39 is 5.89 Å². The third kappa shape index (κ3) is 3.47. The highest BCUT2D eigenvalue weighted by atomic mass is 14.9. The van der Waals surface area contributed by atoms with Gasteiger partial charge < -0.3 is 5.32 Å². The Morgan fingerprint density at radius 1 is 0.727 bits per heavy atom. The van der Waals surface area contributed by atoms with Crippen molar-refractivity contribution in [1.29, 1.82) is 0 Å². The van der Waals surface area contributed by atoms with Gasteiger partial charge in [-0.1, -0.05) is 99.5 Å². The molecule has 33 heavy (non-hydrogen) atoms. The van der Waals surface area contributed by atoms with Gasteiger partial charge in [0.25, 0.3) is 0 Å². The van der Waals surface area contributed by atoms with Gasteiger partial charge >= 0.3 is 0 Å². The highest BCUT2D eigenvalue weighted by Crippen LogP contribution is 2.49. The summed E-state index contributed by atoms with van der Waals surface area (Å²) in [6.45, 7) is 4.64. The summed E-state index contributed by atoms with van der Waals surface area (Å²) in [5, 5.41) is 3.71. The smallest absolute Gasteiger partial charge is 0.0463 e. The van der Waals surface area contributed by atoms with E-state index in [2.05, 4.69) is 110 Å². The van der Waals surface area contributed by atoms with Crippen LogP contribution in [0, 0.1) is 0 Å². The Morgan fingerprint density at radius 2 is 1.39 bits per heavy atom. The van der Waals surface area contributed by atoms with E-state index in [1.165, 1.54) is 46.2 Å². The fourth-order valence-corrected chi connectivity index (χ4v) is 5.76. The average molecular weight is 431 g/mol. The zero-order valence-corrected chi connectivity index (χ0v) is 19.5. The van der Waals surface area contributed by atoms with Crippen LogP contribution in [0.3, 0.4) is 0 Å². The van der Waals surface area contributed by atoms with Crippen molar-refractivity contribution in [3.8, 4) is 22.3 Å². The normalized spacial score (nSPS) is 17.8. The van der Waals surface area contributed by atoms with E-state index in [0.29, 0.717) is 0 Å². The molecule has 1 heteroatoms. The van der Waals surface area contributed by atoms with E-state index in [1.54, 1.807) is 0 Å². The fraction of sp³-hybridized carbons (Fsp3) is 0.250. The maximum absolute atomic E-state index is 8.82. The Labute approximate surface area is 198 Å². The molecule has 4 aromatic carbocycles. The van der Waals surface area contributed by atoms with Crippen molar-refractivity contribution in [2.24, 2.45) is 0 Å². The van der Waals surface area contributed by atoms with E-state index in [-0.39, 0.29) is 5.41 Å². The van der Waals surface area contributed by atoms with Crippen molar-refractivity contribution >= 4 is 11.4 Å². The van der Waals surface area contributed by atoms with E-state index in [0.717, 1.165) is 29.8 Å². The molecule has 0 amide bonds. The number of para-hydroxylation sites is 1. The van der Waals surface area contributed by atoms with Crippen molar-refractivity contribution in [1.82, 2.24) is 0 Å². The third-order valence-electron chi connectivity index (χ3n) is 7.60. The maximum Gasteiger partial charge on any atom is 0.0463 e. The van der Waals surface area contributed by atoms with E-state index in [1.807, 2.05) is 0 Å². The van der Waals surface area contributed by atoms with Gasteiger partial charge in [-0.15, -0.1) is 0 Å². The predicted octanol–water partition coefficient (Wildman–Crippen LogP) is 9.06. The highest BCUT2D eigenvalue weighted by Gasteiger charge is 2.35. The quantitative estimate of drug-likeness (QED) is 0.340. The Hall–Kier alpha value is -3.32. The lowest BCUT2D eigenvalue weighted by molar-refractivity contribution is 0.660. The molecule has 0 atom stereocenters. The van der Waals surface area contributed by atoms with Gasteiger partial charge in [-0.3, -0.25) is 0 Å². The Balaban J connectivity index is 1.32. The summed E-state index contributed by atoms with van der Waals surface area (Å²) in [6.07, 6.45) is 4.29. The van der Waals surface area contributed by atoms with Gasteiger partial charge in [-0.25, -0.2) is 0 Å². The second-order valence-electron chi connectivity index (χ2n) is 9.99. The van der Waals surface area contributed by atoms with Gasteiger partial charge in [0.2, 0.25) is 0 Å². The van der Waals surface area contributed by atoms with Crippen LogP contribution in [0.1, 0.15) is 63.5 Å². The van der Waals surface area contributed by atoms with Crippen molar-refractivity contribution < 1.29 is 1.37 Å². The van der Waals surface area contributed by atoms with Crippen LogP contribution < -0.4 is 5.32 Å². The molecule has 2 aliphatic rings. The van der Waals surface area contributed by atoms with Gasteiger partial charge in [0.1, 0.15) is 0 Å². The molecule has 4 aromatic rings. The molecule has 2 aliphatic carbocycles. The van der Waals surface area contributed by atoms with Crippen LogP contribution in [-0.2, 0) is 5.41 Å². The lowest BCUT2D eigenvalue weighted by Gasteiger charge is -2.22. The number of rotatable bonds is 4. The summed E-state index contributed by atoms with van der Waals surface area (Å²) in [5.41, 5.74) is 11.2. The first kappa shape index (κ1) is 19.2. The molecule has 0 bridgehead atoms.